The number of benzene rings is 1. The third kappa shape index (κ3) is 8.21. The number of carbonyl (C=O) groups excluding carboxylic acids is 2. The summed E-state index contributed by atoms with van der Waals surface area (Å²) < 4.78 is 10.6. The molecule has 0 spiro atoms. The van der Waals surface area contributed by atoms with Crippen molar-refractivity contribution in [1.82, 2.24) is 9.80 Å². The molecule has 0 radical (unpaired) electrons. The van der Waals surface area contributed by atoms with Crippen molar-refractivity contribution in [1.29, 1.82) is 0 Å². The van der Waals surface area contributed by atoms with Crippen molar-refractivity contribution >= 4 is 11.9 Å². The molecule has 0 saturated heterocycles. The van der Waals surface area contributed by atoms with Gasteiger partial charge in [0.2, 0.25) is 5.91 Å². The number of amides is 1. The van der Waals surface area contributed by atoms with Gasteiger partial charge in [0.25, 0.3) is 0 Å². The maximum absolute atomic E-state index is 13.3. The van der Waals surface area contributed by atoms with E-state index in [-0.39, 0.29) is 18.4 Å². The van der Waals surface area contributed by atoms with Crippen molar-refractivity contribution in [2.24, 2.45) is 5.92 Å². The quantitative estimate of drug-likeness (QED) is 0.477. The van der Waals surface area contributed by atoms with Crippen molar-refractivity contribution in [3.8, 4) is 0 Å². The van der Waals surface area contributed by atoms with Crippen LogP contribution in [0.25, 0.3) is 0 Å². The molecular weight excluding hydrogens is 392 g/mol. The van der Waals surface area contributed by atoms with Crippen molar-refractivity contribution in [3.63, 3.8) is 0 Å². The lowest BCUT2D eigenvalue weighted by Crippen LogP contribution is -2.47. The molecule has 0 bridgehead atoms. The molecule has 2 rings (SSSR count). The van der Waals surface area contributed by atoms with E-state index in [2.05, 4.69) is 26.0 Å². The van der Waals surface area contributed by atoms with E-state index < -0.39 is 6.04 Å². The van der Waals surface area contributed by atoms with E-state index in [4.69, 9.17) is 9.15 Å². The van der Waals surface area contributed by atoms with Crippen LogP contribution in [-0.4, -0.2) is 54.5 Å². The Labute approximate surface area is 186 Å². The molecule has 0 saturated carbocycles. The van der Waals surface area contributed by atoms with Gasteiger partial charge in [0.1, 0.15) is 17.6 Å². The lowest BCUT2D eigenvalue weighted by molar-refractivity contribution is -0.147. The van der Waals surface area contributed by atoms with E-state index in [0.29, 0.717) is 25.6 Å². The third-order valence-corrected chi connectivity index (χ3v) is 5.43. The van der Waals surface area contributed by atoms with Gasteiger partial charge in [-0.15, -0.1) is 0 Å². The van der Waals surface area contributed by atoms with Gasteiger partial charge in [0.05, 0.1) is 20.2 Å². The average Bonchev–Trinajstić information content (AvgIpc) is 3.17. The largest absolute Gasteiger partial charge is 0.468 e. The molecule has 31 heavy (non-hydrogen) atoms. The van der Waals surface area contributed by atoms with E-state index in [1.165, 1.54) is 12.7 Å². The first kappa shape index (κ1) is 24.7. The summed E-state index contributed by atoms with van der Waals surface area (Å²) >= 11 is 0. The van der Waals surface area contributed by atoms with E-state index in [9.17, 15) is 9.59 Å². The van der Waals surface area contributed by atoms with Gasteiger partial charge >= 0.3 is 5.97 Å². The summed E-state index contributed by atoms with van der Waals surface area (Å²) in [7, 11) is 1.38. The molecular formula is C25H36N2O4. The average molecular weight is 429 g/mol. The fourth-order valence-corrected chi connectivity index (χ4v) is 3.39. The second kappa shape index (κ2) is 12.3. The first-order valence-corrected chi connectivity index (χ1v) is 11.0. The molecule has 0 aliphatic rings. The van der Waals surface area contributed by atoms with Crippen LogP contribution in [0.4, 0.5) is 0 Å². The molecule has 2 aromatic rings. The van der Waals surface area contributed by atoms with Gasteiger partial charge in [-0.05, 0) is 56.8 Å². The Bertz CT molecular complexity index is 816. The van der Waals surface area contributed by atoms with E-state index in [0.717, 1.165) is 24.4 Å². The molecule has 0 fully saturated rings. The summed E-state index contributed by atoms with van der Waals surface area (Å²) in [6.07, 6.45) is 1.65. The second-order valence-corrected chi connectivity index (χ2v) is 8.42. The number of furan rings is 1. The highest BCUT2D eigenvalue weighted by Crippen LogP contribution is 2.13. The molecule has 0 N–H and O–H groups in total. The predicted molar refractivity (Wildman–Crippen MR) is 122 cm³/mol. The highest BCUT2D eigenvalue weighted by molar-refractivity contribution is 5.80. The number of aryl methyl sites for hydroxylation is 1. The number of hydrogen-bond donors (Lipinski definition) is 0. The molecule has 1 aromatic heterocycles. The van der Waals surface area contributed by atoms with E-state index in [1.807, 2.05) is 47.1 Å². The third-order valence-electron chi connectivity index (χ3n) is 5.43. The topological polar surface area (TPSA) is 63.0 Å². The first-order valence-electron chi connectivity index (χ1n) is 11.0. The smallest absolute Gasteiger partial charge is 0.322 e. The Morgan fingerprint density at radius 1 is 1.03 bits per heavy atom. The van der Waals surface area contributed by atoms with Crippen LogP contribution >= 0.6 is 0 Å². The fraction of sp³-hybridized carbons (Fsp3) is 0.520. The molecule has 1 amide bonds. The lowest BCUT2D eigenvalue weighted by Gasteiger charge is -2.30. The second-order valence-electron chi connectivity index (χ2n) is 8.42. The highest BCUT2D eigenvalue weighted by Gasteiger charge is 2.26. The Morgan fingerprint density at radius 3 is 2.32 bits per heavy atom. The van der Waals surface area contributed by atoms with Gasteiger partial charge in [0.15, 0.2) is 0 Å². The van der Waals surface area contributed by atoms with Crippen molar-refractivity contribution in [2.75, 3.05) is 26.7 Å². The van der Waals surface area contributed by atoms with Crippen LogP contribution in [0, 0.1) is 12.8 Å². The molecule has 1 aromatic carbocycles. The number of rotatable bonds is 12. The normalized spacial score (nSPS) is 12.2. The minimum absolute atomic E-state index is 0.0236. The molecule has 1 atom stereocenters. The van der Waals surface area contributed by atoms with Gasteiger partial charge in [-0.2, -0.15) is 0 Å². The summed E-state index contributed by atoms with van der Waals surface area (Å²) in [6, 6.07) is 13.5. The summed E-state index contributed by atoms with van der Waals surface area (Å²) in [5.41, 5.74) is 1.18. The molecule has 0 aliphatic carbocycles. The molecule has 6 nitrogen and oxygen atoms in total. The van der Waals surface area contributed by atoms with Gasteiger partial charge < -0.3 is 14.1 Å². The minimum Gasteiger partial charge on any atom is -0.468 e. The first-order chi connectivity index (χ1) is 14.8. The van der Waals surface area contributed by atoms with Gasteiger partial charge in [-0.1, -0.05) is 44.2 Å². The Hall–Kier alpha value is -2.60. The number of carbonyl (C=O) groups is 2. The molecule has 0 aliphatic heterocycles. The van der Waals surface area contributed by atoms with Crippen molar-refractivity contribution in [3.05, 3.63) is 59.5 Å². The number of esters is 1. The van der Waals surface area contributed by atoms with Crippen LogP contribution in [-0.2, 0) is 27.3 Å². The monoisotopic (exact) mass is 428 g/mol. The standard InChI is InChI=1S/C25H36N2O4/c1-19(2)13-15-26(21(4)25(29)30-5)18-24(28)27(17-23-12-11-20(3)31-23)16-14-22-9-7-6-8-10-22/h6-12,19,21H,13-18H2,1-5H3/t21-/m1/s1. The zero-order chi connectivity index (χ0) is 22.8. The van der Waals surface area contributed by atoms with Crippen molar-refractivity contribution < 1.29 is 18.7 Å². The summed E-state index contributed by atoms with van der Waals surface area (Å²) in [5.74, 6) is 1.71. The van der Waals surface area contributed by atoms with Crippen LogP contribution in [0.1, 0.15) is 44.3 Å². The highest BCUT2D eigenvalue weighted by atomic mass is 16.5. The fourth-order valence-electron chi connectivity index (χ4n) is 3.39. The van der Waals surface area contributed by atoms with Crippen LogP contribution in [0.2, 0.25) is 0 Å². The summed E-state index contributed by atoms with van der Waals surface area (Å²) in [5, 5.41) is 0. The van der Waals surface area contributed by atoms with Crippen LogP contribution < -0.4 is 0 Å². The zero-order valence-electron chi connectivity index (χ0n) is 19.5. The Kier molecular flexibility index (Phi) is 9.79. The Morgan fingerprint density at radius 2 is 1.74 bits per heavy atom. The minimum atomic E-state index is -0.477. The summed E-state index contributed by atoms with van der Waals surface area (Å²) in [4.78, 5) is 29.2. The van der Waals surface area contributed by atoms with Gasteiger partial charge in [0, 0.05) is 6.54 Å². The van der Waals surface area contributed by atoms with Gasteiger partial charge in [-0.3, -0.25) is 14.5 Å². The van der Waals surface area contributed by atoms with E-state index >= 15 is 0 Å². The zero-order valence-corrected chi connectivity index (χ0v) is 19.5. The number of nitrogens with zero attached hydrogens (tertiary/aromatic N) is 2. The predicted octanol–water partition coefficient (Wildman–Crippen LogP) is 4.07. The van der Waals surface area contributed by atoms with Crippen LogP contribution in [0.3, 0.4) is 0 Å². The maximum atomic E-state index is 13.3. The lowest BCUT2D eigenvalue weighted by atomic mass is 10.1. The van der Waals surface area contributed by atoms with E-state index in [1.54, 1.807) is 6.92 Å². The molecule has 1 heterocycles. The molecule has 6 heteroatoms. The number of hydrogen-bond acceptors (Lipinski definition) is 5. The summed E-state index contributed by atoms with van der Waals surface area (Å²) in [6.45, 7) is 9.76. The van der Waals surface area contributed by atoms with Crippen LogP contribution in [0.5, 0.6) is 0 Å². The number of ether oxygens (including phenoxy) is 1. The number of methoxy groups -OCH3 is 1. The Balaban J connectivity index is 2.13. The van der Waals surface area contributed by atoms with Crippen molar-refractivity contribution in [2.45, 2.75) is 53.1 Å². The SMILES string of the molecule is COC(=O)[C@@H](C)N(CCC(C)C)CC(=O)N(CCc1ccccc1)Cc1ccc(C)o1. The van der Waals surface area contributed by atoms with Crippen LogP contribution in [0.15, 0.2) is 46.9 Å². The van der Waals surface area contributed by atoms with Gasteiger partial charge in [-0.25, -0.2) is 0 Å². The maximum Gasteiger partial charge on any atom is 0.322 e. The molecule has 0 unspecified atom stereocenters. The molecule has 170 valence electrons.